The smallest absolute Gasteiger partial charge is 0.0594 e. The number of nitrogens with one attached hydrogen (secondary N) is 1. The standard InChI is InChI=1S/C13H20ClNO/c1-10(2)16-7-6-15-9-12-4-5-13(14)8-11(12)3/h4-5,8,10,15H,6-7,9H2,1-3H3. The minimum Gasteiger partial charge on any atom is -0.377 e. The molecule has 0 atom stereocenters. The summed E-state index contributed by atoms with van der Waals surface area (Å²) in [6, 6.07) is 5.98. The van der Waals surface area contributed by atoms with Crippen molar-refractivity contribution in [2.24, 2.45) is 0 Å². The quantitative estimate of drug-likeness (QED) is 0.773. The van der Waals surface area contributed by atoms with E-state index in [2.05, 4.69) is 18.3 Å². The molecule has 0 aliphatic heterocycles. The number of benzene rings is 1. The zero-order chi connectivity index (χ0) is 12.0. The minimum atomic E-state index is 0.305. The van der Waals surface area contributed by atoms with Gasteiger partial charge >= 0.3 is 0 Å². The van der Waals surface area contributed by atoms with Crippen LogP contribution in [0, 0.1) is 6.92 Å². The second kappa shape index (κ2) is 6.89. The number of ether oxygens (including phenoxy) is 1. The fourth-order valence-electron chi connectivity index (χ4n) is 1.45. The average Bonchev–Trinajstić information content (AvgIpc) is 2.20. The summed E-state index contributed by atoms with van der Waals surface area (Å²) in [4.78, 5) is 0. The first-order valence-corrected chi connectivity index (χ1v) is 6.04. The monoisotopic (exact) mass is 241 g/mol. The molecule has 16 heavy (non-hydrogen) atoms. The highest BCUT2D eigenvalue weighted by atomic mass is 35.5. The van der Waals surface area contributed by atoms with Crippen LogP contribution < -0.4 is 5.32 Å². The van der Waals surface area contributed by atoms with E-state index < -0.39 is 0 Å². The van der Waals surface area contributed by atoms with Crippen LogP contribution in [-0.2, 0) is 11.3 Å². The van der Waals surface area contributed by atoms with E-state index in [1.54, 1.807) is 0 Å². The van der Waals surface area contributed by atoms with Crippen LogP contribution in [0.2, 0.25) is 5.02 Å². The van der Waals surface area contributed by atoms with E-state index in [1.165, 1.54) is 11.1 Å². The number of aryl methyl sites for hydroxylation is 1. The van der Waals surface area contributed by atoms with Crippen molar-refractivity contribution in [3.8, 4) is 0 Å². The molecule has 1 rings (SSSR count). The highest BCUT2D eigenvalue weighted by molar-refractivity contribution is 6.30. The lowest BCUT2D eigenvalue weighted by Gasteiger charge is -2.10. The molecule has 90 valence electrons. The highest BCUT2D eigenvalue weighted by Gasteiger charge is 1.99. The maximum Gasteiger partial charge on any atom is 0.0594 e. The molecular weight excluding hydrogens is 222 g/mol. The summed E-state index contributed by atoms with van der Waals surface area (Å²) < 4.78 is 5.45. The Morgan fingerprint density at radius 2 is 2.12 bits per heavy atom. The number of hydrogen-bond acceptors (Lipinski definition) is 2. The van der Waals surface area contributed by atoms with Crippen LogP contribution in [0.4, 0.5) is 0 Å². The van der Waals surface area contributed by atoms with Gasteiger partial charge in [0.25, 0.3) is 0 Å². The molecule has 0 aliphatic rings. The third kappa shape index (κ3) is 4.97. The molecule has 0 aliphatic carbocycles. The molecule has 0 unspecified atom stereocenters. The number of halogens is 1. The summed E-state index contributed by atoms with van der Waals surface area (Å²) in [7, 11) is 0. The van der Waals surface area contributed by atoms with Gasteiger partial charge in [0.15, 0.2) is 0 Å². The first-order valence-electron chi connectivity index (χ1n) is 5.67. The van der Waals surface area contributed by atoms with Crippen LogP contribution in [0.5, 0.6) is 0 Å². The number of rotatable bonds is 6. The summed E-state index contributed by atoms with van der Waals surface area (Å²) >= 11 is 5.90. The Balaban J connectivity index is 2.27. The zero-order valence-electron chi connectivity index (χ0n) is 10.2. The molecular formula is C13H20ClNO. The van der Waals surface area contributed by atoms with Crippen LogP contribution in [0.25, 0.3) is 0 Å². The van der Waals surface area contributed by atoms with Gasteiger partial charge in [-0.3, -0.25) is 0 Å². The lowest BCUT2D eigenvalue weighted by atomic mass is 10.1. The third-order valence-corrected chi connectivity index (χ3v) is 2.59. The highest BCUT2D eigenvalue weighted by Crippen LogP contribution is 2.14. The van der Waals surface area contributed by atoms with E-state index in [9.17, 15) is 0 Å². The number of hydrogen-bond donors (Lipinski definition) is 1. The molecule has 0 bridgehead atoms. The van der Waals surface area contributed by atoms with Crippen LogP contribution in [-0.4, -0.2) is 19.3 Å². The molecule has 0 amide bonds. The Bertz CT molecular complexity index is 326. The van der Waals surface area contributed by atoms with Gasteiger partial charge < -0.3 is 10.1 Å². The molecule has 1 aromatic carbocycles. The van der Waals surface area contributed by atoms with E-state index in [-0.39, 0.29) is 0 Å². The van der Waals surface area contributed by atoms with Gasteiger partial charge in [0.1, 0.15) is 0 Å². The molecule has 1 aromatic rings. The molecule has 2 nitrogen and oxygen atoms in total. The Morgan fingerprint density at radius 3 is 2.75 bits per heavy atom. The molecule has 3 heteroatoms. The van der Waals surface area contributed by atoms with Gasteiger partial charge in [-0.25, -0.2) is 0 Å². The molecule has 0 radical (unpaired) electrons. The van der Waals surface area contributed by atoms with E-state index in [0.717, 1.165) is 24.7 Å². The van der Waals surface area contributed by atoms with Crippen LogP contribution in [0.15, 0.2) is 18.2 Å². The van der Waals surface area contributed by atoms with Crippen LogP contribution in [0.3, 0.4) is 0 Å². The van der Waals surface area contributed by atoms with E-state index in [4.69, 9.17) is 16.3 Å². The van der Waals surface area contributed by atoms with Gasteiger partial charge in [-0.2, -0.15) is 0 Å². The Labute approximate surface area is 103 Å². The third-order valence-electron chi connectivity index (χ3n) is 2.35. The van der Waals surface area contributed by atoms with E-state index >= 15 is 0 Å². The van der Waals surface area contributed by atoms with Gasteiger partial charge in [-0.15, -0.1) is 0 Å². The Morgan fingerprint density at radius 1 is 1.38 bits per heavy atom. The van der Waals surface area contributed by atoms with Crippen LogP contribution >= 0.6 is 11.6 Å². The first kappa shape index (κ1) is 13.5. The SMILES string of the molecule is Cc1cc(Cl)ccc1CNCCOC(C)C. The van der Waals surface area contributed by atoms with Crippen molar-refractivity contribution in [2.75, 3.05) is 13.2 Å². The predicted molar refractivity (Wildman–Crippen MR) is 69.0 cm³/mol. The summed E-state index contributed by atoms with van der Waals surface area (Å²) in [5.41, 5.74) is 2.51. The second-order valence-corrected chi connectivity index (χ2v) is 4.60. The molecule has 1 N–H and O–H groups in total. The summed E-state index contributed by atoms with van der Waals surface area (Å²) in [5.74, 6) is 0. The minimum absolute atomic E-state index is 0.305. The van der Waals surface area contributed by atoms with Crippen molar-refractivity contribution in [1.82, 2.24) is 5.32 Å². The predicted octanol–water partition coefficient (Wildman–Crippen LogP) is 3.16. The Hall–Kier alpha value is -0.570. The Kier molecular flexibility index (Phi) is 5.81. The second-order valence-electron chi connectivity index (χ2n) is 4.17. The molecule has 0 fully saturated rings. The summed E-state index contributed by atoms with van der Waals surface area (Å²) in [6.07, 6.45) is 0.305. The van der Waals surface area contributed by atoms with E-state index in [0.29, 0.717) is 6.10 Å². The molecule has 0 aromatic heterocycles. The molecule has 0 heterocycles. The van der Waals surface area contributed by atoms with Crippen LogP contribution in [0.1, 0.15) is 25.0 Å². The fourth-order valence-corrected chi connectivity index (χ4v) is 1.67. The van der Waals surface area contributed by atoms with Crippen molar-refractivity contribution in [3.63, 3.8) is 0 Å². The van der Waals surface area contributed by atoms with Crippen molar-refractivity contribution in [3.05, 3.63) is 34.3 Å². The summed E-state index contributed by atoms with van der Waals surface area (Å²) in [6.45, 7) is 8.66. The largest absolute Gasteiger partial charge is 0.377 e. The topological polar surface area (TPSA) is 21.3 Å². The molecule has 0 spiro atoms. The van der Waals surface area contributed by atoms with Crippen molar-refractivity contribution < 1.29 is 4.74 Å². The van der Waals surface area contributed by atoms with Gasteiger partial charge in [0.2, 0.25) is 0 Å². The van der Waals surface area contributed by atoms with Gasteiger partial charge in [0, 0.05) is 18.1 Å². The van der Waals surface area contributed by atoms with Crippen molar-refractivity contribution in [2.45, 2.75) is 33.4 Å². The lowest BCUT2D eigenvalue weighted by Crippen LogP contribution is -2.21. The maximum absolute atomic E-state index is 5.90. The van der Waals surface area contributed by atoms with Gasteiger partial charge in [0.05, 0.1) is 12.7 Å². The fraction of sp³-hybridized carbons (Fsp3) is 0.538. The van der Waals surface area contributed by atoms with Gasteiger partial charge in [-0.05, 0) is 44.0 Å². The molecule has 0 saturated heterocycles. The zero-order valence-corrected chi connectivity index (χ0v) is 11.0. The maximum atomic E-state index is 5.90. The summed E-state index contributed by atoms with van der Waals surface area (Å²) in [5, 5.41) is 4.14. The first-order chi connectivity index (χ1) is 7.59. The molecule has 0 saturated carbocycles. The van der Waals surface area contributed by atoms with Crippen molar-refractivity contribution in [1.29, 1.82) is 0 Å². The van der Waals surface area contributed by atoms with Crippen molar-refractivity contribution >= 4 is 11.6 Å². The average molecular weight is 242 g/mol. The normalized spacial score (nSPS) is 11.1. The van der Waals surface area contributed by atoms with E-state index in [1.807, 2.05) is 26.0 Å². The lowest BCUT2D eigenvalue weighted by molar-refractivity contribution is 0.0807. The van der Waals surface area contributed by atoms with Gasteiger partial charge in [-0.1, -0.05) is 17.7 Å².